The van der Waals surface area contributed by atoms with Crippen molar-refractivity contribution in [3.05, 3.63) is 0 Å². The van der Waals surface area contributed by atoms with Crippen molar-refractivity contribution in [2.24, 2.45) is 5.73 Å². The van der Waals surface area contributed by atoms with Crippen molar-refractivity contribution >= 4 is 11.8 Å². The molecule has 5 nitrogen and oxygen atoms in total. The first kappa shape index (κ1) is 9.90. The summed E-state index contributed by atoms with van der Waals surface area (Å²) in [6.45, 7) is 1.73. The van der Waals surface area contributed by atoms with Gasteiger partial charge in [-0.05, 0) is 14.0 Å². The van der Waals surface area contributed by atoms with Crippen molar-refractivity contribution in [3.63, 3.8) is 0 Å². The summed E-state index contributed by atoms with van der Waals surface area (Å²) in [5, 5.41) is 5.05. The highest BCUT2D eigenvalue weighted by atomic mass is 16.2. The van der Waals surface area contributed by atoms with Crippen molar-refractivity contribution in [1.82, 2.24) is 10.6 Å². The van der Waals surface area contributed by atoms with E-state index in [2.05, 4.69) is 10.6 Å². The molecular weight excluding hydrogens is 146 g/mol. The molecule has 0 saturated heterocycles. The third kappa shape index (κ3) is 4.32. The predicted octanol–water partition coefficient (Wildman–Crippen LogP) is -1.80. The van der Waals surface area contributed by atoms with Crippen molar-refractivity contribution in [3.8, 4) is 0 Å². The minimum absolute atomic E-state index is 0.192. The molecule has 0 aromatic rings. The lowest BCUT2D eigenvalue weighted by molar-refractivity contribution is -0.126. The van der Waals surface area contributed by atoms with Crippen LogP contribution in [0.2, 0.25) is 0 Å². The van der Waals surface area contributed by atoms with Crippen LogP contribution in [0.15, 0.2) is 0 Å². The molecule has 0 unspecified atom stereocenters. The molecule has 11 heavy (non-hydrogen) atoms. The first-order valence-corrected chi connectivity index (χ1v) is 3.31. The predicted molar refractivity (Wildman–Crippen MR) is 40.7 cm³/mol. The van der Waals surface area contributed by atoms with Gasteiger partial charge in [0.05, 0.1) is 6.54 Å². The Bertz CT molecular complexity index is 158. The van der Waals surface area contributed by atoms with E-state index in [9.17, 15) is 9.59 Å². The first-order chi connectivity index (χ1) is 5.07. The summed E-state index contributed by atoms with van der Waals surface area (Å²) in [6, 6.07) is -0.601. The van der Waals surface area contributed by atoms with Crippen LogP contribution in [0, 0.1) is 0 Å². The normalized spacial score (nSPS) is 12.2. The Labute approximate surface area is 65.3 Å². The van der Waals surface area contributed by atoms with Crippen LogP contribution in [0.25, 0.3) is 0 Å². The van der Waals surface area contributed by atoms with Gasteiger partial charge in [0.1, 0.15) is 6.04 Å². The number of hydrogen-bond acceptors (Lipinski definition) is 3. The maximum absolute atomic E-state index is 10.8. The van der Waals surface area contributed by atoms with E-state index in [4.69, 9.17) is 5.73 Å². The molecule has 1 atom stereocenters. The molecule has 4 N–H and O–H groups in total. The lowest BCUT2D eigenvalue weighted by Crippen LogP contribution is -2.45. The van der Waals surface area contributed by atoms with Gasteiger partial charge in [-0.15, -0.1) is 0 Å². The van der Waals surface area contributed by atoms with Gasteiger partial charge in [0.25, 0.3) is 0 Å². The Morgan fingerprint density at radius 2 is 2.09 bits per heavy atom. The zero-order valence-corrected chi connectivity index (χ0v) is 6.68. The van der Waals surface area contributed by atoms with Crippen LogP contribution in [0.4, 0.5) is 0 Å². The van der Waals surface area contributed by atoms with E-state index in [1.54, 1.807) is 7.05 Å². The Hall–Kier alpha value is -1.10. The molecule has 0 aromatic heterocycles. The minimum Gasteiger partial charge on any atom is -0.368 e. The third-order valence-electron chi connectivity index (χ3n) is 1.14. The highest BCUT2D eigenvalue weighted by molar-refractivity contribution is 5.86. The molecule has 0 spiro atoms. The Kier molecular flexibility index (Phi) is 4.21. The summed E-state index contributed by atoms with van der Waals surface area (Å²) in [7, 11) is 1.65. The zero-order valence-electron chi connectivity index (χ0n) is 6.68. The molecule has 0 rings (SSSR count). The Balaban J connectivity index is 3.66. The van der Waals surface area contributed by atoms with Crippen LogP contribution >= 0.6 is 0 Å². The van der Waals surface area contributed by atoms with Crippen molar-refractivity contribution in [2.45, 2.75) is 13.0 Å². The molecule has 0 aliphatic rings. The maximum atomic E-state index is 10.8. The smallest absolute Gasteiger partial charge is 0.239 e. The summed E-state index contributed by atoms with van der Waals surface area (Å²) in [5.74, 6) is -0.770. The van der Waals surface area contributed by atoms with Crippen LogP contribution < -0.4 is 16.4 Å². The van der Waals surface area contributed by atoms with Crippen LogP contribution in [0.3, 0.4) is 0 Å². The second-order valence-corrected chi connectivity index (χ2v) is 2.22. The van der Waals surface area contributed by atoms with E-state index in [0.717, 1.165) is 0 Å². The molecule has 64 valence electrons. The van der Waals surface area contributed by atoms with Crippen molar-refractivity contribution < 1.29 is 9.59 Å². The molecule has 0 radical (unpaired) electrons. The third-order valence-corrected chi connectivity index (χ3v) is 1.14. The summed E-state index contributed by atoms with van der Waals surface area (Å²) in [4.78, 5) is 21.2. The fraction of sp³-hybridized carbons (Fsp3) is 0.667. The standard InChI is InChI=1S/C6H13N3O2/c1-4(6(7)11)9-5(10)3-8-2/h4,8H,3H2,1-2H3,(H2,7,11)(H,9,10)/t4-/m1/s1. The molecule has 0 fully saturated rings. The molecular formula is C6H13N3O2. The number of nitrogens with one attached hydrogen (secondary N) is 2. The number of rotatable bonds is 4. The van der Waals surface area contributed by atoms with Crippen LogP contribution in [-0.4, -0.2) is 31.4 Å². The summed E-state index contributed by atoms with van der Waals surface area (Å²) in [5.41, 5.74) is 4.91. The maximum Gasteiger partial charge on any atom is 0.239 e. The number of hydrogen-bond donors (Lipinski definition) is 3. The molecule has 0 bridgehead atoms. The number of carbonyl (C=O) groups excluding carboxylic acids is 2. The molecule has 0 heterocycles. The lowest BCUT2D eigenvalue weighted by atomic mass is 10.3. The Morgan fingerprint density at radius 1 is 1.55 bits per heavy atom. The van der Waals surface area contributed by atoms with Gasteiger partial charge in [-0.2, -0.15) is 0 Å². The second kappa shape index (κ2) is 4.68. The van der Waals surface area contributed by atoms with Gasteiger partial charge in [0.2, 0.25) is 11.8 Å². The summed E-state index contributed by atoms with van der Waals surface area (Å²) >= 11 is 0. The highest BCUT2D eigenvalue weighted by Gasteiger charge is 2.10. The number of carbonyl (C=O) groups is 2. The van der Waals surface area contributed by atoms with Gasteiger partial charge in [0.15, 0.2) is 0 Å². The van der Waals surface area contributed by atoms with Gasteiger partial charge in [-0.1, -0.05) is 0 Å². The van der Waals surface area contributed by atoms with E-state index in [0.29, 0.717) is 0 Å². The van der Waals surface area contributed by atoms with Crippen LogP contribution in [0.1, 0.15) is 6.92 Å². The van der Waals surface area contributed by atoms with Crippen molar-refractivity contribution in [2.75, 3.05) is 13.6 Å². The number of primary amides is 1. The quantitative estimate of drug-likeness (QED) is 0.452. The molecule has 0 saturated carbocycles. The number of nitrogens with two attached hydrogens (primary N) is 1. The first-order valence-electron chi connectivity index (χ1n) is 3.31. The van der Waals surface area contributed by atoms with Gasteiger partial charge in [0, 0.05) is 0 Å². The van der Waals surface area contributed by atoms with Gasteiger partial charge < -0.3 is 16.4 Å². The molecule has 5 heteroatoms. The van der Waals surface area contributed by atoms with Gasteiger partial charge in [-0.3, -0.25) is 9.59 Å². The second-order valence-electron chi connectivity index (χ2n) is 2.22. The van der Waals surface area contributed by atoms with E-state index < -0.39 is 11.9 Å². The SMILES string of the molecule is CNCC(=O)N[C@H](C)C(N)=O. The van der Waals surface area contributed by atoms with E-state index >= 15 is 0 Å². The van der Waals surface area contributed by atoms with Gasteiger partial charge >= 0.3 is 0 Å². The largest absolute Gasteiger partial charge is 0.368 e. The lowest BCUT2D eigenvalue weighted by Gasteiger charge is -2.08. The van der Waals surface area contributed by atoms with E-state index in [-0.39, 0.29) is 12.5 Å². The van der Waals surface area contributed by atoms with E-state index in [1.807, 2.05) is 0 Å². The fourth-order valence-electron chi connectivity index (χ4n) is 0.524. The number of likely N-dealkylation sites (N-methyl/N-ethyl adjacent to an activating group) is 1. The molecule has 0 aromatic carbocycles. The topological polar surface area (TPSA) is 84.2 Å². The Morgan fingerprint density at radius 3 is 2.45 bits per heavy atom. The summed E-state index contributed by atoms with van der Waals surface area (Å²) in [6.07, 6.45) is 0. The van der Waals surface area contributed by atoms with Gasteiger partial charge in [-0.25, -0.2) is 0 Å². The monoisotopic (exact) mass is 159 g/mol. The average Bonchev–Trinajstić information content (AvgIpc) is 1.87. The minimum atomic E-state index is -0.601. The average molecular weight is 159 g/mol. The molecule has 0 aliphatic heterocycles. The molecule has 0 aliphatic carbocycles. The zero-order chi connectivity index (χ0) is 8.85. The highest BCUT2D eigenvalue weighted by Crippen LogP contribution is 1.77. The summed E-state index contributed by atoms with van der Waals surface area (Å²) < 4.78 is 0. The van der Waals surface area contributed by atoms with Crippen LogP contribution in [0.5, 0.6) is 0 Å². The van der Waals surface area contributed by atoms with Crippen LogP contribution in [-0.2, 0) is 9.59 Å². The number of amides is 2. The molecule has 2 amide bonds. The van der Waals surface area contributed by atoms with Crippen molar-refractivity contribution in [1.29, 1.82) is 0 Å². The van der Waals surface area contributed by atoms with E-state index in [1.165, 1.54) is 6.92 Å². The fourth-order valence-corrected chi connectivity index (χ4v) is 0.524.